The van der Waals surface area contributed by atoms with Crippen LogP contribution in [-0.2, 0) is 9.53 Å². The first-order valence-corrected chi connectivity index (χ1v) is 6.39. The van der Waals surface area contributed by atoms with Crippen molar-refractivity contribution in [3.8, 4) is 0 Å². The minimum absolute atomic E-state index is 0.314. The Morgan fingerprint density at radius 2 is 2.13 bits per heavy atom. The summed E-state index contributed by atoms with van der Waals surface area (Å²) < 4.78 is 6.04. The van der Waals surface area contributed by atoms with E-state index in [1.54, 1.807) is 0 Å². The van der Waals surface area contributed by atoms with Crippen LogP contribution in [0, 0.1) is 0 Å². The zero-order chi connectivity index (χ0) is 11.3. The number of thioether (sulfide) groups is 1. The number of hydrogen-bond donors (Lipinski definition) is 0. The van der Waals surface area contributed by atoms with Crippen LogP contribution in [-0.4, -0.2) is 12.2 Å². The van der Waals surface area contributed by atoms with Crippen molar-refractivity contribution in [1.29, 1.82) is 0 Å². The maximum absolute atomic E-state index is 10.9. The van der Waals surface area contributed by atoms with Gasteiger partial charge in [-0.15, -0.1) is 11.8 Å². The molecule has 0 atom stereocenters. The zero-order valence-corrected chi connectivity index (χ0v) is 10.9. The van der Waals surface area contributed by atoms with Gasteiger partial charge in [0, 0.05) is 22.4 Å². The van der Waals surface area contributed by atoms with E-state index in [4.69, 9.17) is 4.74 Å². The van der Waals surface area contributed by atoms with E-state index in [2.05, 4.69) is 15.9 Å². The Labute approximate surface area is 102 Å². The number of ether oxygens (including phenoxy) is 1. The topological polar surface area (TPSA) is 26.3 Å². The summed E-state index contributed by atoms with van der Waals surface area (Å²) in [5, 5.41) is 1.81. The smallest absolute Gasteiger partial charge is 0.308 e. The highest BCUT2D eigenvalue weighted by atomic mass is 79.9. The summed E-state index contributed by atoms with van der Waals surface area (Å²) in [7, 11) is 0. The third-order valence-electron chi connectivity index (χ3n) is 1.62. The van der Waals surface area contributed by atoms with Crippen LogP contribution in [0.2, 0.25) is 0 Å². The number of esters is 1. The van der Waals surface area contributed by atoms with E-state index in [1.165, 1.54) is 18.7 Å². The Morgan fingerprint density at radius 3 is 2.67 bits per heavy atom. The lowest BCUT2D eigenvalue weighted by Crippen LogP contribution is -1.98. The highest BCUT2D eigenvalue weighted by molar-refractivity contribution is 9.10. The molecule has 0 saturated carbocycles. The lowest BCUT2D eigenvalue weighted by molar-refractivity contribution is -0.134. The molecular weight excluding hydrogens is 276 g/mol. The maximum atomic E-state index is 10.9. The average Bonchev–Trinajstić information content (AvgIpc) is 2.17. The molecule has 15 heavy (non-hydrogen) atoms. The number of halogens is 1. The Kier molecular flexibility index (Phi) is 4.91. The van der Waals surface area contributed by atoms with Crippen molar-refractivity contribution in [2.45, 2.75) is 6.92 Å². The van der Waals surface area contributed by atoms with E-state index in [0.717, 1.165) is 10.0 Å². The lowest BCUT2D eigenvalue weighted by atomic mass is 10.2. The summed E-state index contributed by atoms with van der Waals surface area (Å²) in [6, 6.07) is 7.62. The first kappa shape index (κ1) is 12.3. The first-order chi connectivity index (χ1) is 7.15. The van der Waals surface area contributed by atoms with Crippen molar-refractivity contribution >= 4 is 39.4 Å². The molecule has 1 rings (SSSR count). The van der Waals surface area contributed by atoms with Gasteiger partial charge >= 0.3 is 5.97 Å². The van der Waals surface area contributed by atoms with Crippen molar-refractivity contribution < 1.29 is 9.53 Å². The monoisotopic (exact) mass is 286 g/mol. The molecule has 0 spiro atoms. The van der Waals surface area contributed by atoms with Gasteiger partial charge in [-0.3, -0.25) is 4.79 Å². The Bertz CT molecular complexity index is 388. The van der Waals surface area contributed by atoms with E-state index >= 15 is 0 Å². The summed E-state index contributed by atoms with van der Waals surface area (Å²) in [5.74, 6) is 0.258. The number of benzene rings is 1. The SMILES string of the molecule is CS/C=C(\OC(C)=O)c1ccccc1Br. The Balaban J connectivity index is 3.05. The van der Waals surface area contributed by atoms with Crippen LogP contribution in [0.1, 0.15) is 12.5 Å². The van der Waals surface area contributed by atoms with Gasteiger partial charge in [0.05, 0.1) is 0 Å². The zero-order valence-electron chi connectivity index (χ0n) is 8.49. The number of rotatable bonds is 3. The minimum atomic E-state index is -0.314. The van der Waals surface area contributed by atoms with Crippen molar-refractivity contribution in [3.05, 3.63) is 39.7 Å². The van der Waals surface area contributed by atoms with Gasteiger partial charge in [0.25, 0.3) is 0 Å². The summed E-state index contributed by atoms with van der Waals surface area (Å²) in [6.45, 7) is 1.39. The Morgan fingerprint density at radius 1 is 1.47 bits per heavy atom. The fourth-order valence-electron chi connectivity index (χ4n) is 1.07. The van der Waals surface area contributed by atoms with Crippen LogP contribution in [0.5, 0.6) is 0 Å². The van der Waals surface area contributed by atoms with Gasteiger partial charge < -0.3 is 4.74 Å². The fraction of sp³-hybridized carbons (Fsp3) is 0.182. The fourth-order valence-corrected chi connectivity index (χ4v) is 1.93. The summed E-state index contributed by atoms with van der Waals surface area (Å²) in [4.78, 5) is 10.9. The third kappa shape index (κ3) is 3.72. The molecule has 0 bridgehead atoms. The molecule has 0 N–H and O–H groups in total. The molecule has 0 unspecified atom stereocenters. The van der Waals surface area contributed by atoms with E-state index in [0.29, 0.717) is 5.76 Å². The van der Waals surface area contributed by atoms with E-state index in [9.17, 15) is 4.79 Å². The molecule has 0 heterocycles. The molecule has 1 aromatic carbocycles. The van der Waals surface area contributed by atoms with Crippen molar-refractivity contribution in [3.63, 3.8) is 0 Å². The molecule has 0 aliphatic heterocycles. The molecule has 4 heteroatoms. The second-order valence-corrected chi connectivity index (χ2v) is 4.35. The molecule has 0 saturated heterocycles. The van der Waals surface area contributed by atoms with Gasteiger partial charge in [0.1, 0.15) is 5.76 Å². The quantitative estimate of drug-likeness (QED) is 0.626. The first-order valence-electron chi connectivity index (χ1n) is 4.31. The minimum Gasteiger partial charge on any atom is -0.425 e. The average molecular weight is 287 g/mol. The summed E-state index contributed by atoms with van der Waals surface area (Å²) in [6.07, 6.45) is 1.92. The number of carbonyl (C=O) groups is 1. The molecule has 0 amide bonds. The van der Waals surface area contributed by atoms with Crippen molar-refractivity contribution in [2.75, 3.05) is 6.26 Å². The standard InChI is InChI=1S/C11H11BrO2S/c1-8(13)14-11(7-15-2)9-5-3-4-6-10(9)12/h3-7H,1-2H3/b11-7-. The molecule has 1 aromatic rings. The molecule has 2 nitrogen and oxygen atoms in total. The maximum Gasteiger partial charge on any atom is 0.308 e. The lowest BCUT2D eigenvalue weighted by Gasteiger charge is -2.08. The molecule has 0 aliphatic rings. The van der Waals surface area contributed by atoms with Gasteiger partial charge in [-0.25, -0.2) is 0 Å². The van der Waals surface area contributed by atoms with Gasteiger partial charge in [-0.1, -0.05) is 34.1 Å². The van der Waals surface area contributed by atoms with Gasteiger partial charge in [-0.2, -0.15) is 0 Å². The Hall–Kier alpha value is -0.740. The van der Waals surface area contributed by atoms with Crippen LogP contribution in [0.25, 0.3) is 5.76 Å². The van der Waals surface area contributed by atoms with Crippen LogP contribution in [0.15, 0.2) is 34.1 Å². The molecule has 0 aliphatic carbocycles. The number of carbonyl (C=O) groups excluding carboxylic acids is 1. The van der Waals surface area contributed by atoms with Crippen LogP contribution < -0.4 is 0 Å². The van der Waals surface area contributed by atoms with E-state index < -0.39 is 0 Å². The van der Waals surface area contributed by atoms with Crippen LogP contribution in [0.4, 0.5) is 0 Å². The second-order valence-electron chi connectivity index (χ2n) is 2.79. The van der Waals surface area contributed by atoms with E-state index in [-0.39, 0.29) is 5.97 Å². The number of hydrogen-bond acceptors (Lipinski definition) is 3. The molecule has 0 fully saturated rings. The van der Waals surface area contributed by atoms with Crippen molar-refractivity contribution in [1.82, 2.24) is 0 Å². The summed E-state index contributed by atoms with van der Waals surface area (Å²) >= 11 is 4.91. The predicted molar refractivity (Wildman–Crippen MR) is 67.4 cm³/mol. The van der Waals surface area contributed by atoms with E-state index in [1.807, 2.05) is 35.9 Å². The van der Waals surface area contributed by atoms with Gasteiger partial charge in [0.15, 0.2) is 0 Å². The summed E-state index contributed by atoms with van der Waals surface area (Å²) in [5.41, 5.74) is 0.877. The predicted octanol–water partition coefficient (Wildman–Crippen LogP) is 3.67. The van der Waals surface area contributed by atoms with Gasteiger partial charge in [-0.05, 0) is 12.3 Å². The van der Waals surface area contributed by atoms with Crippen LogP contribution >= 0.6 is 27.7 Å². The van der Waals surface area contributed by atoms with Gasteiger partial charge in [0.2, 0.25) is 0 Å². The van der Waals surface area contributed by atoms with Crippen molar-refractivity contribution in [2.24, 2.45) is 0 Å². The second kappa shape index (κ2) is 5.98. The largest absolute Gasteiger partial charge is 0.425 e. The third-order valence-corrected chi connectivity index (χ3v) is 2.76. The highest BCUT2D eigenvalue weighted by Crippen LogP contribution is 2.26. The normalized spacial score (nSPS) is 11.3. The highest BCUT2D eigenvalue weighted by Gasteiger charge is 2.08. The molecule has 0 aromatic heterocycles. The molecule has 0 radical (unpaired) electrons. The molecule has 80 valence electrons. The van der Waals surface area contributed by atoms with Crippen LogP contribution in [0.3, 0.4) is 0 Å². The molecular formula is C11H11BrO2S.